The zero-order chi connectivity index (χ0) is 45.0. The Kier molecular flexibility index (Phi) is 17.2. The number of nitrogens with one attached hydrogen (secondary N) is 2. The molecule has 6 rings (SSSR count). The van der Waals surface area contributed by atoms with Crippen molar-refractivity contribution >= 4 is 21.7 Å². The van der Waals surface area contributed by atoms with Crippen LogP contribution in [0.25, 0.3) is 0 Å². The van der Waals surface area contributed by atoms with Crippen LogP contribution in [0.5, 0.6) is 11.5 Å². The number of ether oxygens (including phenoxy) is 3. The van der Waals surface area contributed by atoms with Crippen molar-refractivity contribution in [3.63, 3.8) is 0 Å². The normalized spacial score (nSPS) is 20.3. The van der Waals surface area contributed by atoms with Gasteiger partial charge in [-0.2, -0.15) is 0 Å². The summed E-state index contributed by atoms with van der Waals surface area (Å²) in [4.78, 5) is 9.87. The molecular weight excluding hydrogens is 825 g/mol. The summed E-state index contributed by atoms with van der Waals surface area (Å²) in [6.07, 6.45) is 8.20. The van der Waals surface area contributed by atoms with Crippen molar-refractivity contribution in [3.05, 3.63) is 107 Å². The SMILES string of the molecule is CN(c1nccc(COc2ccc(C(C)(C)c3ccc(OCCCCCCCCOCCCCNc4ccc5c(c4)C(O)N(C4CCC(O)NC4O)C5O)cc3)cc2)n1)S(C)(=O)=O. The molecule has 344 valence electrons. The number of aliphatic hydroxyl groups is 4. The van der Waals surface area contributed by atoms with Gasteiger partial charge in [0.1, 0.15) is 43.0 Å². The predicted molar refractivity (Wildman–Crippen MR) is 243 cm³/mol. The third-order valence-corrected chi connectivity index (χ3v) is 13.2. The summed E-state index contributed by atoms with van der Waals surface area (Å²) in [6.45, 7) is 7.52. The maximum absolute atomic E-state index is 11.9. The van der Waals surface area contributed by atoms with Crippen LogP contribution in [-0.4, -0.2) is 102 Å². The van der Waals surface area contributed by atoms with Gasteiger partial charge in [0.2, 0.25) is 16.0 Å². The minimum atomic E-state index is -3.46. The Hall–Kier alpha value is -4.39. The van der Waals surface area contributed by atoms with E-state index in [-0.39, 0.29) is 18.0 Å². The van der Waals surface area contributed by atoms with E-state index in [1.165, 1.54) is 36.5 Å². The predicted octanol–water partition coefficient (Wildman–Crippen LogP) is 6.09. The van der Waals surface area contributed by atoms with Gasteiger partial charge in [-0.25, -0.2) is 27.6 Å². The zero-order valence-electron chi connectivity index (χ0n) is 37.0. The number of unbranched alkanes of at least 4 members (excludes halogenated alkanes) is 6. The van der Waals surface area contributed by atoms with Crippen LogP contribution < -0.4 is 24.4 Å². The van der Waals surface area contributed by atoms with E-state index in [1.54, 1.807) is 6.07 Å². The topological polar surface area (TPSA) is 199 Å². The number of hydrogen-bond acceptors (Lipinski definition) is 14. The van der Waals surface area contributed by atoms with Crippen molar-refractivity contribution in [2.45, 2.75) is 121 Å². The number of fused-ring (bicyclic) bond motifs is 1. The lowest BCUT2D eigenvalue weighted by molar-refractivity contribution is -0.159. The number of hydrogen-bond donors (Lipinski definition) is 6. The van der Waals surface area contributed by atoms with Gasteiger partial charge in [-0.15, -0.1) is 0 Å². The van der Waals surface area contributed by atoms with Gasteiger partial charge >= 0.3 is 0 Å². The fourth-order valence-corrected chi connectivity index (χ4v) is 8.43. The van der Waals surface area contributed by atoms with Crippen molar-refractivity contribution in [2.75, 3.05) is 49.3 Å². The molecule has 63 heavy (non-hydrogen) atoms. The quantitative estimate of drug-likeness (QED) is 0.0442. The highest BCUT2D eigenvalue weighted by Crippen LogP contribution is 2.43. The molecule has 2 aliphatic heterocycles. The highest BCUT2D eigenvalue weighted by molar-refractivity contribution is 7.92. The second-order valence-corrected chi connectivity index (χ2v) is 19.1. The van der Waals surface area contributed by atoms with Crippen molar-refractivity contribution in [2.24, 2.45) is 0 Å². The number of nitrogens with zero attached hydrogens (tertiary/aromatic N) is 4. The van der Waals surface area contributed by atoms with Gasteiger partial charge in [-0.05, 0) is 92.1 Å². The Bertz CT molecular complexity index is 2140. The Morgan fingerprint density at radius 2 is 1.38 bits per heavy atom. The third kappa shape index (κ3) is 13.1. The van der Waals surface area contributed by atoms with E-state index >= 15 is 0 Å². The third-order valence-electron chi connectivity index (χ3n) is 12.1. The molecule has 1 aromatic heterocycles. The molecule has 3 heterocycles. The highest BCUT2D eigenvalue weighted by Gasteiger charge is 2.44. The largest absolute Gasteiger partial charge is 0.494 e. The van der Waals surface area contributed by atoms with Gasteiger partial charge in [-0.3, -0.25) is 5.32 Å². The van der Waals surface area contributed by atoms with Gasteiger partial charge in [-0.1, -0.05) is 69.9 Å². The molecule has 6 N–H and O–H groups in total. The van der Waals surface area contributed by atoms with Crippen LogP contribution in [0.15, 0.2) is 79.0 Å². The summed E-state index contributed by atoms with van der Waals surface area (Å²) in [5.74, 6) is 1.66. The molecule has 15 nitrogen and oxygen atoms in total. The molecule has 4 aromatic rings. The van der Waals surface area contributed by atoms with Crippen molar-refractivity contribution in [1.29, 1.82) is 0 Å². The molecule has 5 atom stereocenters. The first kappa shape index (κ1) is 48.1. The first-order valence-electron chi connectivity index (χ1n) is 22.2. The number of sulfonamides is 1. The number of rotatable bonds is 24. The van der Waals surface area contributed by atoms with Crippen LogP contribution >= 0.6 is 0 Å². The summed E-state index contributed by atoms with van der Waals surface area (Å²) >= 11 is 0. The van der Waals surface area contributed by atoms with E-state index in [2.05, 4.69) is 58.7 Å². The Labute approximate surface area is 372 Å². The standard InChI is InChI=1S/C47H66N6O9S/c1-47(2,34-15-20-38(21-16-34)62-32-36-25-27-49-46(50-36)52(3)63(4,58)59)33-13-18-37(19-14-33)61-30-11-8-6-5-7-10-28-60-29-12-9-26-48-35-17-22-39-40(31-35)45(57)53(44(39)56)41-23-24-42(54)51-43(41)55/h13-22,25,27,31,41-45,48,51,54-57H,5-12,23-24,26,28-30,32H2,1-4H3. The van der Waals surface area contributed by atoms with Gasteiger partial charge < -0.3 is 40.0 Å². The molecule has 0 amide bonds. The Morgan fingerprint density at radius 3 is 2.03 bits per heavy atom. The minimum absolute atomic E-state index is 0.0994. The van der Waals surface area contributed by atoms with Crippen LogP contribution in [0, 0.1) is 0 Å². The summed E-state index contributed by atoms with van der Waals surface area (Å²) in [5.41, 5.74) is 4.77. The lowest BCUT2D eigenvalue weighted by Gasteiger charge is -2.40. The molecule has 3 aromatic carbocycles. The fraction of sp³-hybridized carbons (Fsp3) is 0.532. The molecule has 0 saturated carbocycles. The molecule has 0 radical (unpaired) electrons. The van der Waals surface area contributed by atoms with Gasteiger partial charge in [0.15, 0.2) is 0 Å². The molecule has 1 fully saturated rings. The highest BCUT2D eigenvalue weighted by atomic mass is 32.2. The Morgan fingerprint density at radius 1 is 0.778 bits per heavy atom. The second-order valence-electron chi connectivity index (χ2n) is 17.1. The fourth-order valence-electron chi connectivity index (χ4n) is 8.04. The number of aromatic nitrogens is 2. The number of piperidine rings is 1. The monoisotopic (exact) mass is 890 g/mol. The van der Waals surface area contributed by atoms with Crippen molar-refractivity contribution in [3.8, 4) is 11.5 Å². The first-order chi connectivity index (χ1) is 30.2. The average molecular weight is 891 g/mol. The summed E-state index contributed by atoms with van der Waals surface area (Å²) in [6, 6.07) is 23.1. The molecule has 5 unspecified atom stereocenters. The average Bonchev–Trinajstić information content (AvgIpc) is 3.51. The van der Waals surface area contributed by atoms with Gasteiger partial charge in [0.05, 0.1) is 24.6 Å². The van der Waals surface area contributed by atoms with Crippen LogP contribution in [0.1, 0.15) is 118 Å². The molecule has 16 heteroatoms. The van der Waals surface area contributed by atoms with E-state index in [1.807, 2.05) is 42.5 Å². The Balaban J connectivity index is 0.777. The maximum Gasteiger partial charge on any atom is 0.239 e. The van der Waals surface area contributed by atoms with Crippen LogP contribution in [-0.2, 0) is 26.8 Å². The molecule has 0 spiro atoms. The number of benzene rings is 3. The molecular formula is C47H66N6O9S. The smallest absolute Gasteiger partial charge is 0.239 e. The van der Waals surface area contributed by atoms with E-state index in [0.717, 1.165) is 85.8 Å². The van der Waals surface area contributed by atoms with Gasteiger partial charge in [0.25, 0.3) is 0 Å². The van der Waals surface area contributed by atoms with E-state index in [0.29, 0.717) is 42.0 Å². The van der Waals surface area contributed by atoms with Crippen LogP contribution in [0.4, 0.5) is 11.6 Å². The van der Waals surface area contributed by atoms with Crippen molar-refractivity contribution < 1.29 is 43.1 Å². The second kappa shape index (κ2) is 22.5. The molecule has 2 aliphatic rings. The molecule has 1 saturated heterocycles. The summed E-state index contributed by atoms with van der Waals surface area (Å²) in [5, 5.41) is 48.2. The molecule has 0 bridgehead atoms. The van der Waals surface area contributed by atoms with E-state index in [9.17, 15) is 28.8 Å². The zero-order valence-corrected chi connectivity index (χ0v) is 37.8. The number of aliphatic hydroxyl groups excluding tert-OH is 4. The van der Waals surface area contributed by atoms with Crippen LogP contribution in [0.3, 0.4) is 0 Å². The first-order valence-corrected chi connectivity index (χ1v) is 24.0. The van der Waals surface area contributed by atoms with Gasteiger partial charge in [0, 0.05) is 55.2 Å². The lowest BCUT2D eigenvalue weighted by atomic mass is 9.78. The molecule has 0 aliphatic carbocycles. The number of anilines is 2. The van der Waals surface area contributed by atoms with E-state index < -0.39 is 41.0 Å². The maximum atomic E-state index is 11.9. The lowest BCUT2D eigenvalue weighted by Crippen LogP contribution is -2.57. The summed E-state index contributed by atoms with van der Waals surface area (Å²) < 4.78 is 42.6. The summed E-state index contributed by atoms with van der Waals surface area (Å²) in [7, 11) is -2.05. The van der Waals surface area contributed by atoms with Crippen molar-refractivity contribution in [1.82, 2.24) is 20.2 Å². The minimum Gasteiger partial charge on any atom is -0.494 e. The van der Waals surface area contributed by atoms with E-state index in [4.69, 9.17) is 14.2 Å². The van der Waals surface area contributed by atoms with Crippen LogP contribution in [0.2, 0.25) is 0 Å².